The van der Waals surface area contributed by atoms with Crippen molar-refractivity contribution >= 4 is 29.0 Å². The molecule has 2 aromatic rings. The Bertz CT molecular complexity index is 795. The molecule has 0 spiro atoms. The van der Waals surface area contributed by atoms with Gasteiger partial charge in [0.15, 0.2) is 0 Å². The lowest BCUT2D eigenvalue weighted by Crippen LogP contribution is -2.33. The van der Waals surface area contributed by atoms with Crippen LogP contribution < -0.4 is 5.32 Å². The van der Waals surface area contributed by atoms with Gasteiger partial charge < -0.3 is 10.4 Å². The zero-order valence-electron chi connectivity index (χ0n) is 15.9. The van der Waals surface area contributed by atoms with Crippen molar-refractivity contribution in [3.8, 4) is 16.6 Å². The fraction of sp³-hybridized carbons (Fsp3) is 0.450. The van der Waals surface area contributed by atoms with Crippen molar-refractivity contribution < 1.29 is 9.90 Å². The summed E-state index contributed by atoms with van der Waals surface area (Å²) in [5, 5.41) is 21.2. The van der Waals surface area contributed by atoms with E-state index in [4.69, 9.17) is 10.4 Å². The van der Waals surface area contributed by atoms with Crippen molar-refractivity contribution in [3.63, 3.8) is 0 Å². The quantitative estimate of drug-likeness (QED) is 0.491. The molecule has 0 bridgehead atoms. The number of hydrogen-bond donors (Lipinski definition) is 2. The molecule has 0 aliphatic carbocycles. The predicted octanol–water partition coefficient (Wildman–Crippen LogP) is 3.80. The Kier molecular flexibility index (Phi) is 8.29. The normalized spacial score (nSPS) is 12.0. The van der Waals surface area contributed by atoms with Crippen LogP contribution in [0.5, 0.6) is 0 Å². The molecule has 7 heteroatoms. The number of thiazole rings is 1. The summed E-state index contributed by atoms with van der Waals surface area (Å²) in [5.74, 6) is 0.293. The average Bonchev–Trinajstić information content (AvgIpc) is 3.00. The highest BCUT2D eigenvalue weighted by atomic mass is 32.2. The Morgan fingerprint density at radius 2 is 2.07 bits per heavy atom. The summed E-state index contributed by atoms with van der Waals surface area (Å²) in [7, 11) is 0. The molecule has 1 heterocycles. The van der Waals surface area contributed by atoms with Crippen LogP contribution in [-0.2, 0) is 11.2 Å². The molecule has 0 radical (unpaired) electrons. The molecule has 5 nitrogen and oxygen atoms in total. The number of carbonyl (C=O) groups excluding carboxylic acids is 1. The maximum atomic E-state index is 12.3. The zero-order valence-corrected chi connectivity index (χ0v) is 17.5. The first-order chi connectivity index (χ1) is 12.9. The summed E-state index contributed by atoms with van der Waals surface area (Å²) in [4.78, 5) is 19.0. The van der Waals surface area contributed by atoms with Crippen LogP contribution >= 0.6 is 23.1 Å². The molecule has 144 valence electrons. The van der Waals surface area contributed by atoms with Crippen molar-refractivity contribution in [1.29, 1.82) is 5.26 Å². The van der Waals surface area contributed by atoms with Gasteiger partial charge >= 0.3 is 0 Å². The first-order valence-corrected chi connectivity index (χ1v) is 10.6. The number of thioether (sulfide) groups is 1. The first-order valence-electron chi connectivity index (χ1n) is 8.93. The van der Waals surface area contributed by atoms with E-state index in [0.29, 0.717) is 12.3 Å². The number of aryl methyl sites for hydroxylation is 1. The SMILES string of the molecule is Cc1nc(-c2ccc(SC(CC(C)C)C(=O)NCC#N)cc2)sc1CCO. The van der Waals surface area contributed by atoms with Gasteiger partial charge in [0.1, 0.15) is 11.6 Å². The molecular formula is C20H25N3O2S2. The zero-order chi connectivity index (χ0) is 19.8. The molecule has 1 aromatic heterocycles. The summed E-state index contributed by atoms with van der Waals surface area (Å²) in [5.41, 5.74) is 2.00. The van der Waals surface area contributed by atoms with Crippen LogP contribution in [0.2, 0.25) is 0 Å². The van der Waals surface area contributed by atoms with Gasteiger partial charge in [-0.15, -0.1) is 23.1 Å². The van der Waals surface area contributed by atoms with Crippen LogP contribution in [0.3, 0.4) is 0 Å². The Hall–Kier alpha value is -1.88. The first kappa shape index (κ1) is 21.4. The van der Waals surface area contributed by atoms with Gasteiger partial charge in [-0.3, -0.25) is 4.79 Å². The maximum Gasteiger partial charge on any atom is 0.234 e. The molecule has 0 saturated carbocycles. The van der Waals surface area contributed by atoms with E-state index < -0.39 is 0 Å². The van der Waals surface area contributed by atoms with Crippen LogP contribution in [0.25, 0.3) is 10.6 Å². The van der Waals surface area contributed by atoms with E-state index in [0.717, 1.165) is 32.5 Å². The molecular weight excluding hydrogens is 378 g/mol. The van der Waals surface area contributed by atoms with Crippen LogP contribution in [0, 0.1) is 24.2 Å². The van der Waals surface area contributed by atoms with Crippen molar-refractivity contribution in [2.45, 2.75) is 43.8 Å². The van der Waals surface area contributed by atoms with Gasteiger partial charge in [0.2, 0.25) is 5.91 Å². The molecule has 0 aliphatic heterocycles. The molecule has 0 aliphatic rings. The molecule has 27 heavy (non-hydrogen) atoms. The van der Waals surface area contributed by atoms with Gasteiger partial charge in [-0.25, -0.2) is 4.98 Å². The maximum absolute atomic E-state index is 12.3. The van der Waals surface area contributed by atoms with Gasteiger partial charge in [-0.05, 0) is 31.4 Å². The van der Waals surface area contributed by atoms with Gasteiger partial charge in [-0.2, -0.15) is 5.26 Å². The van der Waals surface area contributed by atoms with E-state index in [1.165, 1.54) is 11.8 Å². The number of nitriles is 1. The van der Waals surface area contributed by atoms with E-state index in [1.807, 2.05) is 37.3 Å². The lowest BCUT2D eigenvalue weighted by Gasteiger charge is -2.17. The van der Waals surface area contributed by atoms with Crippen LogP contribution in [0.4, 0.5) is 0 Å². The summed E-state index contributed by atoms with van der Waals surface area (Å²) in [6.07, 6.45) is 1.38. The topological polar surface area (TPSA) is 86.0 Å². The minimum Gasteiger partial charge on any atom is -0.396 e. The van der Waals surface area contributed by atoms with Gasteiger partial charge in [0, 0.05) is 28.4 Å². The van der Waals surface area contributed by atoms with Crippen molar-refractivity contribution in [1.82, 2.24) is 10.3 Å². The number of carbonyl (C=O) groups is 1. The van der Waals surface area contributed by atoms with Crippen LogP contribution in [0.1, 0.15) is 30.8 Å². The van der Waals surface area contributed by atoms with E-state index in [2.05, 4.69) is 24.1 Å². The lowest BCUT2D eigenvalue weighted by molar-refractivity contribution is -0.120. The van der Waals surface area contributed by atoms with Gasteiger partial charge in [0.25, 0.3) is 0 Å². The Labute approximate surface area is 168 Å². The monoisotopic (exact) mass is 403 g/mol. The summed E-state index contributed by atoms with van der Waals surface area (Å²) >= 11 is 3.13. The number of aliphatic hydroxyl groups is 1. The van der Waals surface area contributed by atoms with E-state index >= 15 is 0 Å². The molecule has 2 rings (SSSR count). The van der Waals surface area contributed by atoms with Crippen molar-refractivity contribution in [2.75, 3.05) is 13.2 Å². The molecule has 1 amide bonds. The lowest BCUT2D eigenvalue weighted by atomic mass is 10.1. The van der Waals surface area contributed by atoms with Crippen LogP contribution in [0.15, 0.2) is 29.2 Å². The fourth-order valence-corrected chi connectivity index (χ4v) is 4.95. The number of aromatic nitrogens is 1. The molecule has 0 saturated heterocycles. The predicted molar refractivity (Wildman–Crippen MR) is 111 cm³/mol. The second-order valence-corrected chi connectivity index (χ2v) is 9.00. The Morgan fingerprint density at radius 3 is 2.67 bits per heavy atom. The summed E-state index contributed by atoms with van der Waals surface area (Å²) in [6, 6.07) is 10.00. The van der Waals surface area contributed by atoms with E-state index in [1.54, 1.807) is 11.3 Å². The van der Waals surface area contributed by atoms with Gasteiger partial charge in [-0.1, -0.05) is 26.0 Å². The summed E-state index contributed by atoms with van der Waals surface area (Å²) < 4.78 is 0. The summed E-state index contributed by atoms with van der Waals surface area (Å²) in [6.45, 7) is 6.30. The third kappa shape index (κ3) is 6.35. The number of rotatable bonds is 9. The minimum absolute atomic E-state index is 0.0342. The number of benzene rings is 1. The number of nitrogens with zero attached hydrogens (tertiary/aromatic N) is 2. The van der Waals surface area contributed by atoms with Gasteiger partial charge in [0.05, 0.1) is 17.0 Å². The standard InChI is InChI=1S/C20H25N3O2S2/c1-13(2)12-18(19(25)22-10-9-21)26-16-6-4-15(5-7-16)20-23-14(3)17(27-20)8-11-24/h4-7,13,18,24H,8,10-12H2,1-3H3,(H,22,25). The second kappa shape index (κ2) is 10.5. The smallest absolute Gasteiger partial charge is 0.234 e. The minimum atomic E-state index is -0.220. The van der Waals surface area contributed by atoms with Crippen molar-refractivity contribution in [3.05, 3.63) is 34.8 Å². The molecule has 1 atom stereocenters. The number of hydrogen-bond acceptors (Lipinski definition) is 6. The van der Waals surface area contributed by atoms with Crippen molar-refractivity contribution in [2.24, 2.45) is 5.92 Å². The third-order valence-electron chi connectivity index (χ3n) is 3.93. The number of nitrogens with one attached hydrogen (secondary N) is 1. The third-order valence-corrected chi connectivity index (χ3v) is 6.43. The number of aliphatic hydroxyl groups excluding tert-OH is 1. The Morgan fingerprint density at radius 1 is 1.37 bits per heavy atom. The molecule has 1 unspecified atom stereocenters. The van der Waals surface area contributed by atoms with Crippen LogP contribution in [-0.4, -0.2) is 34.4 Å². The highest BCUT2D eigenvalue weighted by molar-refractivity contribution is 8.00. The highest BCUT2D eigenvalue weighted by Crippen LogP contribution is 2.32. The molecule has 2 N–H and O–H groups in total. The fourth-order valence-electron chi connectivity index (χ4n) is 2.60. The Balaban J connectivity index is 2.11. The second-order valence-electron chi connectivity index (χ2n) is 6.64. The van der Waals surface area contributed by atoms with E-state index in [-0.39, 0.29) is 24.3 Å². The molecule has 0 fully saturated rings. The largest absolute Gasteiger partial charge is 0.396 e. The van der Waals surface area contributed by atoms with E-state index in [9.17, 15) is 4.79 Å². The molecule has 1 aromatic carbocycles. The average molecular weight is 404 g/mol. The highest BCUT2D eigenvalue weighted by Gasteiger charge is 2.21. The number of amides is 1.